The number of rotatable bonds is 2. The summed E-state index contributed by atoms with van der Waals surface area (Å²) in [7, 11) is 4.19. The van der Waals surface area contributed by atoms with Crippen LogP contribution in [0.1, 0.15) is 24.4 Å². The fourth-order valence-corrected chi connectivity index (χ4v) is 2.11. The van der Waals surface area contributed by atoms with Crippen molar-refractivity contribution >= 4 is 5.69 Å². The van der Waals surface area contributed by atoms with Crippen LogP contribution < -0.4 is 10.2 Å². The lowest BCUT2D eigenvalue weighted by Gasteiger charge is -2.15. The first kappa shape index (κ1) is 9.53. The molecule has 0 unspecified atom stereocenters. The number of nitrogens with two attached hydrogens (primary N) is 1. The second kappa shape index (κ2) is 4.01. The highest BCUT2D eigenvalue weighted by Crippen LogP contribution is 2.21. The third kappa shape index (κ3) is 1.90. The Hall–Kier alpha value is -1.02. The Balaban J connectivity index is 2.21. The summed E-state index contributed by atoms with van der Waals surface area (Å²) in [5.74, 6) is 0. The molecule has 1 fully saturated rings. The first-order valence-electron chi connectivity index (χ1n) is 5.38. The maximum Gasteiger partial charge on any atom is 0.112 e. The highest BCUT2D eigenvalue weighted by molar-refractivity contribution is 5.47. The van der Waals surface area contributed by atoms with Crippen LogP contribution in [0.5, 0.6) is 0 Å². The van der Waals surface area contributed by atoms with Crippen molar-refractivity contribution in [3.8, 4) is 0 Å². The van der Waals surface area contributed by atoms with E-state index >= 15 is 0 Å². The van der Waals surface area contributed by atoms with Crippen LogP contribution in [-0.4, -0.2) is 20.6 Å². The molecule has 1 saturated heterocycles. The molecule has 0 aromatic heterocycles. The molecule has 0 spiro atoms. The van der Waals surface area contributed by atoms with Crippen molar-refractivity contribution in [2.24, 2.45) is 0 Å². The Morgan fingerprint density at radius 3 is 2.86 bits per heavy atom. The molecule has 1 aliphatic heterocycles. The van der Waals surface area contributed by atoms with Gasteiger partial charge in [0.2, 0.25) is 0 Å². The van der Waals surface area contributed by atoms with Gasteiger partial charge in [-0.25, -0.2) is 0 Å². The molecule has 1 aromatic carbocycles. The molecular formula is C12H19N2+. The van der Waals surface area contributed by atoms with Gasteiger partial charge in [0.25, 0.3) is 0 Å². The zero-order chi connectivity index (χ0) is 9.97. The molecule has 0 aliphatic carbocycles. The minimum atomic E-state index is 0.704. The molecular weight excluding hydrogens is 172 g/mol. The Labute approximate surface area is 85.9 Å². The summed E-state index contributed by atoms with van der Waals surface area (Å²) < 4.78 is 0. The van der Waals surface area contributed by atoms with E-state index < -0.39 is 0 Å². The Morgan fingerprint density at radius 2 is 2.21 bits per heavy atom. The summed E-state index contributed by atoms with van der Waals surface area (Å²) in [6.07, 6.45) is 2.69. The lowest BCUT2D eigenvalue weighted by molar-refractivity contribution is -0.676. The van der Waals surface area contributed by atoms with Crippen LogP contribution in [0.15, 0.2) is 24.3 Å². The van der Waals surface area contributed by atoms with Gasteiger partial charge in [0.05, 0.1) is 6.54 Å². The lowest BCUT2D eigenvalue weighted by Crippen LogP contribution is -2.81. The fourth-order valence-electron chi connectivity index (χ4n) is 2.11. The molecule has 76 valence electrons. The molecule has 2 rings (SSSR count). The minimum Gasteiger partial charge on any atom is -0.378 e. The molecule has 2 nitrogen and oxygen atoms in total. The quantitative estimate of drug-likeness (QED) is 0.743. The van der Waals surface area contributed by atoms with Gasteiger partial charge in [0, 0.05) is 38.2 Å². The molecule has 1 heterocycles. The second-order valence-corrected chi connectivity index (χ2v) is 4.26. The first-order valence-corrected chi connectivity index (χ1v) is 5.38. The summed E-state index contributed by atoms with van der Waals surface area (Å²) in [5, 5.41) is 2.45. The number of hydrogen-bond donors (Lipinski definition) is 1. The Kier molecular flexibility index (Phi) is 2.73. The maximum atomic E-state index is 2.45. The lowest BCUT2D eigenvalue weighted by atomic mass is 10.0. The van der Waals surface area contributed by atoms with E-state index in [4.69, 9.17) is 0 Å². The van der Waals surface area contributed by atoms with Crippen molar-refractivity contribution < 1.29 is 5.32 Å². The molecule has 14 heavy (non-hydrogen) atoms. The normalized spacial score (nSPS) is 21.1. The summed E-state index contributed by atoms with van der Waals surface area (Å²) in [6, 6.07) is 9.59. The van der Waals surface area contributed by atoms with Gasteiger partial charge in [0.15, 0.2) is 0 Å². The fraction of sp³-hybridized carbons (Fsp3) is 0.500. The molecule has 1 aliphatic rings. The van der Waals surface area contributed by atoms with E-state index in [1.54, 1.807) is 0 Å². The highest BCUT2D eigenvalue weighted by atomic mass is 15.1. The number of hydrogen-bond acceptors (Lipinski definition) is 1. The monoisotopic (exact) mass is 191 g/mol. The molecule has 2 N–H and O–H groups in total. The first-order chi connectivity index (χ1) is 6.77. The van der Waals surface area contributed by atoms with E-state index in [1.165, 1.54) is 30.6 Å². The number of nitrogens with zero attached hydrogens (tertiary/aromatic N) is 1. The zero-order valence-corrected chi connectivity index (χ0v) is 9.03. The Morgan fingerprint density at radius 1 is 1.36 bits per heavy atom. The Bertz CT molecular complexity index is 301. The second-order valence-electron chi connectivity index (χ2n) is 4.26. The van der Waals surface area contributed by atoms with E-state index in [2.05, 4.69) is 48.6 Å². The van der Waals surface area contributed by atoms with E-state index in [9.17, 15) is 0 Å². The van der Waals surface area contributed by atoms with Gasteiger partial charge < -0.3 is 10.2 Å². The summed E-state index contributed by atoms with van der Waals surface area (Å²) in [6.45, 7) is 1.29. The summed E-state index contributed by atoms with van der Waals surface area (Å²) in [5.41, 5.74) is 2.79. The molecule has 0 bridgehead atoms. The van der Waals surface area contributed by atoms with Crippen molar-refractivity contribution in [2.45, 2.75) is 18.9 Å². The number of anilines is 1. The van der Waals surface area contributed by atoms with Gasteiger partial charge in [-0.3, -0.25) is 0 Å². The number of benzene rings is 1. The van der Waals surface area contributed by atoms with Crippen molar-refractivity contribution in [2.75, 3.05) is 25.5 Å². The SMILES string of the molecule is CN(C)c1cccc([C@H]2CCC[NH2+]2)c1. The van der Waals surface area contributed by atoms with Gasteiger partial charge in [0.1, 0.15) is 6.04 Å². The molecule has 2 heteroatoms. The van der Waals surface area contributed by atoms with E-state index in [-0.39, 0.29) is 0 Å². The van der Waals surface area contributed by atoms with Crippen molar-refractivity contribution in [1.29, 1.82) is 0 Å². The molecule has 1 atom stereocenters. The van der Waals surface area contributed by atoms with Gasteiger partial charge in [-0.15, -0.1) is 0 Å². The predicted octanol–water partition coefficient (Wildman–Crippen LogP) is 1.15. The van der Waals surface area contributed by atoms with E-state index in [1.807, 2.05) is 0 Å². The number of quaternary nitrogens is 1. The van der Waals surface area contributed by atoms with Crippen LogP contribution in [0.4, 0.5) is 5.69 Å². The standard InChI is InChI=1S/C12H18N2/c1-14(2)11-6-3-5-10(9-11)12-7-4-8-13-12/h3,5-6,9,12-13H,4,7-8H2,1-2H3/p+1/t12-/m1/s1. The predicted molar refractivity (Wildman–Crippen MR) is 59.5 cm³/mol. The zero-order valence-electron chi connectivity index (χ0n) is 9.03. The van der Waals surface area contributed by atoms with Gasteiger partial charge in [-0.2, -0.15) is 0 Å². The topological polar surface area (TPSA) is 19.9 Å². The largest absolute Gasteiger partial charge is 0.378 e. The molecule has 0 radical (unpaired) electrons. The third-order valence-electron chi connectivity index (χ3n) is 2.99. The molecule has 0 saturated carbocycles. The van der Waals surface area contributed by atoms with Crippen LogP contribution in [-0.2, 0) is 0 Å². The average Bonchev–Trinajstić information content (AvgIpc) is 2.71. The van der Waals surface area contributed by atoms with Crippen LogP contribution in [0.3, 0.4) is 0 Å². The van der Waals surface area contributed by atoms with Crippen molar-refractivity contribution in [1.82, 2.24) is 0 Å². The average molecular weight is 191 g/mol. The van der Waals surface area contributed by atoms with Gasteiger partial charge >= 0.3 is 0 Å². The molecule has 0 amide bonds. The summed E-state index contributed by atoms with van der Waals surface area (Å²) >= 11 is 0. The summed E-state index contributed by atoms with van der Waals surface area (Å²) in [4.78, 5) is 2.17. The van der Waals surface area contributed by atoms with Gasteiger partial charge in [-0.1, -0.05) is 12.1 Å². The maximum absolute atomic E-state index is 2.45. The smallest absolute Gasteiger partial charge is 0.112 e. The van der Waals surface area contributed by atoms with E-state index in [0.29, 0.717) is 6.04 Å². The van der Waals surface area contributed by atoms with E-state index in [0.717, 1.165) is 0 Å². The third-order valence-corrected chi connectivity index (χ3v) is 2.99. The van der Waals surface area contributed by atoms with Crippen LogP contribution >= 0.6 is 0 Å². The van der Waals surface area contributed by atoms with Crippen LogP contribution in [0.2, 0.25) is 0 Å². The minimum absolute atomic E-state index is 0.704. The van der Waals surface area contributed by atoms with Crippen LogP contribution in [0.25, 0.3) is 0 Å². The molecule has 1 aromatic rings. The van der Waals surface area contributed by atoms with Crippen LogP contribution in [0, 0.1) is 0 Å². The van der Waals surface area contributed by atoms with Crippen molar-refractivity contribution in [3.05, 3.63) is 29.8 Å². The highest BCUT2D eigenvalue weighted by Gasteiger charge is 2.20. The van der Waals surface area contributed by atoms with Gasteiger partial charge in [-0.05, 0) is 12.1 Å². The van der Waals surface area contributed by atoms with Crippen molar-refractivity contribution in [3.63, 3.8) is 0 Å².